The lowest BCUT2D eigenvalue weighted by Gasteiger charge is -2.39. The van der Waals surface area contributed by atoms with Crippen LogP contribution in [0.15, 0.2) is 146 Å². The van der Waals surface area contributed by atoms with E-state index >= 15 is 0 Å². The molecule has 0 saturated carbocycles. The van der Waals surface area contributed by atoms with Crippen LogP contribution in [0.1, 0.15) is 46.4 Å². The largest absolute Gasteiger partial charge is 0.497 e. The molecule has 1 aliphatic rings. The van der Waals surface area contributed by atoms with Crippen molar-refractivity contribution in [1.82, 2.24) is 15.1 Å². The van der Waals surface area contributed by atoms with Crippen LogP contribution in [0, 0.1) is 6.92 Å². The van der Waals surface area contributed by atoms with E-state index in [0.717, 1.165) is 42.9 Å². The molecule has 0 aliphatic carbocycles. The van der Waals surface area contributed by atoms with Crippen LogP contribution in [0.3, 0.4) is 0 Å². The number of benzene rings is 5. The molecule has 0 amide bonds. The van der Waals surface area contributed by atoms with Gasteiger partial charge in [-0.05, 0) is 78.4 Å². The molecule has 224 valence electrons. The lowest BCUT2D eigenvalue weighted by molar-refractivity contribution is 0.361. The van der Waals surface area contributed by atoms with Gasteiger partial charge in [0.1, 0.15) is 11.3 Å². The molecule has 1 fully saturated rings. The van der Waals surface area contributed by atoms with Crippen molar-refractivity contribution in [2.75, 3.05) is 20.2 Å². The second-order valence-electron chi connectivity index (χ2n) is 12.0. The molecule has 1 aliphatic heterocycles. The Morgan fingerprint density at radius 1 is 0.644 bits per heavy atom. The van der Waals surface area contributed by atoms with Crippen LogP contribution >= 0.6 is 0 Å². The maximum atomic E-state index is 5.46. The summed E-state index contributed by atoms with van der Waals surface area (Å²) in [6.07, 6.45) is 4.36. The standard InChI is InChI=1S/C41H39N3O/c1-31-39(32-18-20-33(21-19-32)40(26-28-42-29-27-40)34-22-24-38(45-2)25-23-34)30-44(43-31)41(35-12-6-3-7-13-35,36-14-8-4-9-15-36)37-16-10-5-11-17-37/h3-25,30,42H,26-29H2,1-2H3. The maximum Gasteiger partial charge on any atom is 0.138 e. The third-order valence-electron chi connectivity index (χ3n) is 9.67. The molecule has 0 unspecified atom stereocenters. The fourth-order valence-electron chi connectivity index (χ4n) is 7.33. The molecular weight excluding hydrogens is 550 g/mol. The van der Waals surface area contributed by atoms with Gasteiger partial charge in [0, 0.05) is 17.2 Å². The van der Waals surface area contributed by atoms with E-state index < -0.39 is 5.54 Å². The summed E-state index contributed by atoms with van der Waals surface area (Å²) in [6.45, 7) is 4.12. The molecule has 4 nitrogen and oxygen atoms in total. The van der Waals surface area contributed by atoms with E-state index in [1.165, 1.54) is 33.4 Å². The average molecular weight is 590 g/mol. The molecule has 2 heterocycles. The predicted molar refractivity (Wildman–Crippen MR) is 183 cm³/mol. The smallest absolute Gasteiger partial charge is 0.138 e. The summed E-state index contributed by atoms with van der Waals surface area (Å²) in [5.74, 6) is 0.892. The Kier molecular flexibility index (Phi) is 7.83. The predicted octanol–water partition coefficient (Wildman–Crippen LogP) is 8.38. The summed E-state index contributed by atoms with van der Waals surface area (Å²) in [4.78, 5) is 0. The van der Waals surface area contributed by atoms with Crippen molar-refractivity contribution < 1.29 is 4.74 Å². The number of rotatable bonds is 8. The molecule has 45 heavy (non-hydrogen) atoms. The Labute approximate surface area is 266 Å². The van der Waals surface area contributed by atoms with Gasteiger partial charge in [0.15, 0.2) is 0 Å². The first-order valence-corrected chi connectivity index (χ1v) is 15.8. The van der Waals surface area contributed by atoms with E-state index in [4.69, 9.17) is 9.84 Å². The molecule has 0 spiro atoms. The van der Waals surface area contributed by atoms with Gasteiger partial charge in [0.05, 0.1) is 12.8 Å². The van der Waals surface area contributed by atoms with Crippen LogP contribution in [0.25, 0.3) is 11.1 Å². The van der Waals surface area contributed by atoms with Gasteiger partial charge in [-0.25, -0.2) is 0 Å². The lowest BCUT2D eigenvalue weighted by Crippen LogP contribution is -2.40. The maximum absolute atomic E-state index is 5.46. The fourth-order valence-corrected chi connectivity index (χ4v) is 7.33. The molecule has 0 radical (unpaired) electrons. The summed E-state index contributed by atoms with van der Waals surface area (Å²) >= 11 is 0. The molecular formula is C41H39N3O. The van der Waals surface area contributed by atoms with Crippen molar-refractivity contribution in [3.05, 3.63) is 179 Å². The second kappa shape index (κ2) is 12.2. The zero-order valence-electron chi connectivity index (χ0n) is 26.0. The zero-order valence-corrected chi connectivity index (χ0v) is 26.0. The summed E-state index contributed by atoms with van der Waals surface area (Å²) < 4.78 is 7.64. The van der Waals surface area contributed by atoms with E-state index in [2.05, 4.69) is 163 Å². The van der Waals surface area contributed by atoms with Crippen LogP contribution in [-0.4, -0.2) is 30.0 Å². The highest BCUT2D eigenvalue weighted by Gasteiger charge is 2.40. The molecule has 1 aromatic heterocycles. The average Bonchev–Trinajstić information content (AvgIpc) is 3.51. The summed E-state index contributed by atoms with van der Waals surface area (Å²) in [5, 5.41) is 8.84. The van der Waals surface area contributed by atoms with Crippen molar-refractivity contribution in [1.29, 1.82) is 0 Å². The number of nitrogens with zero attached hydrogens (tertiary/aromatic N) is 2. The first-order valence-electron chi connectivity index (χ1n) is 15.8. The SMILES string of the molecule is COc1ccc(C2(c3ccc(-c4cn(C(c5ccccc5)(c5ccccc5)c5ccccc5)nc4C)cc3)CCNCC2)cc1. The van der Waals surface area contributed by atoms with Gasteiger partial charge in [-0.2, -0.15) is 5.10 Å². The Balaban J connectivity index is 1.34. The molecule has 1 N–H and O–H groups in total. The van der Waals surface area contributed by atoms with E-state index in [1.54, 1.807) is 7.11 Å². The topological polar surface area (TPSA) is 39.1 Å². The summed E-state index contributed by atoms with van der Waals surface area (Å²) in [5.41, 5.74) is 8.84. The van der Waals surface area contributed by atoms with Gasteiger partial charge in [-0.1, -0.05) is 127 Å². The molecule has 1 saturated heterocycles. The van der Waals surface area contributed by atoms with Crippen LogP contribution in [0.2, 0.25) is 0 Å². The monoisotopic (exact) mass is 589 g/mol. The first-order chi connectivity index (χ1) is 22.1. The number of hydrogen-bond donors (Lipinski definition) is 1. The van der Waals surface area contributed by atoms with Crippen LogP contribution in [-0.2, 0) is 11.0 Å². The van der Waals surface area contributed by atoms with E-state index in [-0.39, 0.29) is 5.41 Å². The molecule has 0 bridgehead atoms. The van der Waals surface area contributed by atoms with E-state index in [0.29, 0.717) is 0 Å². The Bertz CT molecular complexity index is 1740. The Hall–Kier alpha value is -4.93. The molecule has 0 atom stereocenters. The number of methoxy groups -OCH3 is 1. The van der Waals surface area contributed by atoms with Gasteiger partial charge < -0.3 is 10.1 Å². The van der Waals surface area contributed by atoms with Crippen LogP contribution in [0.5, 0.6) is 5.75 Å². The summed E-state index contributed by atoms with van der Waals surface area (Å²) in [6, 6.07) is 50.1. The minimum absolute atomic E-state index is 0.0294. The van der Waals surface area contributed by atoms with Gasteiger partial charge in [-0.3, -0.25) is 4.68 Å². The quantitative estimate of drug-likeness (QED) is 0.181. The van der Waals surface area contributed by atoms with Crippen molar-refractivity contribution in [2.45, 2.75) is 30.7 Å². The van der Waals surface area contributed by atoms with Crippen LogP contribution < -0.4 is 10.1 Å². The van der Waals surface area contributed by atoms with Gasteiger partial charge in [0.25, 0.3) is 0 Å². The fraction of sp³-hybridized carbons (Fsp3) is 0.195. The summed E-state index contributed by atoms with van der Waals surface area (Å²) in [7, 11) is 1.72. The first kappa shape index (κ1) is 28.8. The lowest BCUT2D eigenvalue weighted by atomic mass is 9.68. The van der Waals surface area contributed by atoms with Gasteiger partial charge in [0.2, 0.25) is 0 Å². The number of ether oxygens (including phenoxy) is 1. The number of aryl methyl sites for hydroxylation is 1. The van der Waals surface area contributed by atoms with Crippen molar-refractivity contribution in [3.8, 4) is 16.9 Å². The van der Waals surface area contributed by atoms with E-state index in [9.17, 15) is 0 Å². The Morgan fingerprint density at radius 2 is 1.11 bits per heavy atom. The third kappa shape index (κ3) is 5.05. The van der Waals surface area contributed by atoms with Crippen molar-refractivity contribution >= 4 is 0 Å². The third-order valence-corrected chi connectivity index (χ3v) is 9.67. The number of piperidine rings is 1. The molecule has 4 heteroatoms. The minimum Gasteiger partial charge on any atom is -0.497 e. The molecule has 5 aromatic carbocycles. The number of aromatic nitrogens is 2. The van der Waals surface area contributed by atoms with Crippen molar-refractivity contribution in [3.63, 3.8) is 0 Å². The highest BCUT2D eigenvalue weighted by Crippen LogP contribution is 2.43. The highest BCUT2D eigenvalue weighted by molar-refractivity contribution is 5.67. The Morgan fingerprint density at radius 3 is 1.58 bits per heavy atom. The minimum atomic E-state index is -0.639. The van der Waals surface area contributed by atoms with Gasteiger partial charge in [-0.15, -0.1) is 0 Å². The number of nitrogens with one attached hydrogen (secondary N) is 1. The van der Waals surface area contributed by atoms with Gasteiger partial charge >= 0.3 is 0 Å². The van der Waals surface area contributed by atoms with Crippen molar-refractivity contribution in [2.24, 2.45) is 0 Å². The second-order valence-corrected chi connectivity index (χ2v) is 12.0. The van der Waals surface area contributed by atoms with E-state index in [1.807, 2.05) is 0 Å². The van der Waals surface area contributed by atoms with Crippen LogP contribution in [0.4, 0.5) is 0 Å². The molecule has 6 aromatic rings. The highest BCUT2D eigenvalue weighted by atomic mass is 16.5. The molecule has 7 rings (SSSR count). The number of hydrogen-bond acceptors (Lipinski definition) is 3. The zero-order chi connectivity index (χ0) is 30.7. The normalized spacial score (nSPS) is 14.6.